The highest BCUT2D eigenvalue weighted by atomic mass is 16.5. The molecule has 122 valence electrons. The van der Waals surface area contributed by atoms with Crippen molar-refractivity contribution in [1.82, 2.24) is 9.78 Å². The minimum absolute atomic E-state index is 0.139. The van der Waals surface area contributed by atoms with Gasteiger partial charge in [-0.2, -0.15) is 5.10 Å². The Morgan fingerprint density at radius 1 is 1.35 bits per heavy atom. The molecule has 7 nitrogen and oxygen atoms in total. The van der Waals surface area contributed by atoms with E-state index in [4.69, 9.17) is 9.84 Å². The number of ether oxygens (including phenoxy) is 1. The number of benzene rings is 1. The number of carbonyl (C=O) groups excluding carboxylic acids is 1. The van der Waals surface area contributed by atoms with Crippen molar-refractivity contribution in [3.05, 3.63) is 41.7 Å². The first-order valence-corrected chi connectivity index (χ1v) is 7.01. The van der Waals surface area contributed by atoms with Gasteiger partial charge in [-0.05, 0) is 39.0 Å². The average molecular weight is 317 g/mol. The average Bonchev–Trinajstić information content (AvgIpc) is 2.89. The highest BCUT2D eigenvalue weighted by Gasteiger charge is 2.27. The number of aromatic carboxylic acids is 1. The van der Waals surface area contributed by atoms with Gasteiger partial charge in [0.25, 0.3) is 5.91 Å². The number of methoxy groups -OCH3 is 1. The second kappa shape index (κ2) is 6.21. The molecule has 7 heteroatoms. The number of hydrogen-bond donors (Lipinski definition) is 2. The molecule has 0 aliphatic carbocycles. The lowest BCUT2D eigenvalue weighted by Crippen LogP contribution is -2.38. The number of hydrogen-bond acceptors (Lipinski definition) is 4. The van der Waals surface area contributed by atoms with Gasteiger partial charge in [-0.15, -0.1) is 0 Å². The molecule has 0 bridgehead atoms. The van der Waals surface area contributed by atoms with Crippen molar-refractivity contribution < 1.29 is 19.4 Å². The van der Waals surface area contributed by atoms with Crippen LogP contribution in [0.1, 0.15) is 29.9 Å². The van der Waals surface area contributed by atoms with Gasteiger partial charge in [-0.1, -0.05) is 6.07 Å². The van der Waals surface area contributed by atoms with Crippen LogP contribution in [-0.2, 0) is 9.53 Å². The molecular weight excluding hydrogens is 298 g/mol. The predicted molar refractivity (Wildman–Crippen MR) is 85.0 cm³/mol. The number of rotatable bonds is 5. The monoisotopic (exact) mass is 317 g/mol. The summed E-state index contributed by atoms with van der Waals surface area (Å²) in [6, 6.07) is 6.99. The van der Waals surface area contributed by atoms with Gasteiger partial charge in [0.05, 0.1) is 17.6 Å². The third-order valence-corrected chi connectivity index (χ3v) is 3.65. The zero-order chi connectivity index (χ0) is 17.2. The van der Waals surface area contributed by atoms with E-state index in [1.165, 1.54) is 18.0 Å². The van der Waals surface area contributed by atoms with Gasteiger partial charge < -0.3 is 15.2 Å². The first kappa shape index (κ1) is 16.7. The SMILES string of the molecule is COC(C)(C)C(=O)Nc1cccc(-n2ncc(C(=O)O)c2C)c1. The fraction of sp³-hybridized carbons (Fsp3) is 0.312. The molecule has 1 aromatic heterocycles. The Morgan fingerprint density at radius 3 is 2.61 bits per heavy atom. The van der Waals surface area contributed by atoms with Crippen LogP contribution in [-0.4, -0.2) is 39.5 Å². The molecule has 23 heavy (non-hydrogen) atoms. The molecule has 0 aliphatic heterocycles. The van der Waals surface area contributed by atoms with Crippen LogP contribution >= 0.6 is 0 Å². The number of aromatic nitrogens is 2. The summed E-state index contributed by atoms with van der Waals surface area (Å²) < 4.78 is 6.65. The van der Waals surface area contributed by atoms with E-state index in [1.54, 1.807) is 45.0 Å². The second-order valence-corrected chi connectivity index (χ2v) is 5.58. The van der Waals surface area contributed by atoms with Gasteiger partial charge in [0.1, 0.15) is 11.2 Å². The minimum Gasteiger partial charge on any atom is -0.478 e. The third-order valence-electron chi connectivity index (χ3n) is 3.65. The summed E-state index contributed by atoms with van der Waals surface area (Å²) in [5, 5.41) is 16.0. The first-order valence-electron chi connectivity index (χ1n) is 7.01. The number of carboxylic acid groups (broad SMARTS) is 1. The van der Waals surface area contributed by atoms with Crippen LogP contribution in [0.2, 0.25) is 0 Å². The lowest BCUT2D eigenvalue weighted by Gasteiger charge is -2.21. The van der Waals surface area contributed by atoms with Crippen molar-refractivity contribution in [1.29, 1.82) is 0 Å². The van der Waals surface area contributed by atoms with Gasteiger partial charge in [0.15, 0.2) is 0 Å². The summed E-state index contributed by atoms with van der Waals surface area (Å²) in [6.45, 7) is 5.02. The van der Waals surface area contributed by atoms with Crippen molar-refractivity contribution >= 4 is 17.6 Å². The Kier molecular flexibility index (Phi) is 4.51. The van der Waals surface area contributed by atoms with E-state index in [0.717, 1.165) is 0 Å². The summed E-state index contributed by atoms with van der Waals surface area (Å²) in [4.78, 5) is 23.2. The first-order chi connectivity index (χ1) is 10.8. The molecule has 0 aliphatic rings. The zero-order valence-corrected chi connectivity index (χ0v) is 13.5. The molecular formula is C16H19N3O4. The van der Waals surface area contributed by atoms with Gasteiger partial charge in [0, 0.05) is 12.8 Å². The number of nitrogens with one attached hydrogen (secondary N) is 1. The molecule has 1 aromatic carbocycles. The molecule has 2 N–H and O–H groups in total. The van der Waals surface area contributed by atoms with Crippen LogP contribution in [0.25, 0.3) is 5.69 Å². The van der Waals surface area contributed by atoms with Crippen LogP contribution in [0.3, 0.4) is 0 Å². The number of amides is 1. The molecule has 0 saturated carbocycles. The highest BCUT2D eigenvalue weighted by Crippen LogP contribution is 2.19. The van der Waals surface area contributed by atoms with Gasteiger partial charge in [0.2, 0.25) is 0 Å². The third kappa shape index (κ3) is 3.40. The summed E-state index contributed by atoms with van der Waals surface area (Å²) in [7, 11) is 1.47. The van der Waals surface area contributed by atoms with Crippen molar-refractivity contribution in [2.75, 3.05) is 12.4 Å². The molecule has 1 amide bonds. The normalized spacial score (nSPS) is 11.3. The Balaban J connectivity index is 2.31. The predicted octanol–water partition coefficient (Wildman–Crippen LogP) is 2.24. The van der Waals surface area contributed by atoms with Gasteiger partial charge in [-0.3, -0.25) is 4.79 Å². The van der Waals surface area contributed by atoms with E-state index >= 15 is 0 Å². The van der Waals surface area contributed by atoms with E-state index < -0.39 is 11.6 Å². The second-order valence-electron chi connectivity index (χ2n) is 5.58. The fourth-order valence-corrected chi connectivity index (χ4v) is 1.97. The molecule has 0 fully saturated rings. The van der Waals surface area contributed by atoms with Crippen LogP contribution in [0.15, 0.2) is 30.5 Å². The molecule has 0 unspecified atom stereocenters. The van der Waals surface area contributed by atoms with E-state index in [2.05, 4.69) is 10.4 Å². The van der Waals surface area contributed by atoms with E-state index in [-0.39, 0.29) is 11.5 Å². The maximum Gasteiger partial charge on any atom is 0.339 e. The van der Waals surface area contributed by atoms with Crippen molar-refractivity contribution in [3.63, 3.8) is 0 Å². The van der Waals surface area contributed by atoms with Crippen LogP contribution in [0.4, 0.5) is 5.69 Å². The van der Waals surface area contributed by atoms with Gasteiger partial charge in [-0.25, -0.2) is 9.48 Å². The maximum atomic E-state index is 12.1. The molecule has 0 atom stereocenters. The summed E-state index contributed by atoms with van der Waals surface area (Å²) in [5.41, 5.74) is 0.930. The van der Waals surface area contributed by atoms with Crippen LogP contribution in [0, 0.1) is 6.92 Å². The van der Waals surface area contributed by atoms with Gasteiger partial charge >= 0.3 is 5.97 Å². The Bertz CT molecular complexity index is 750. The smallest absolute Gasteiger partial charge is 0.339 e. The van der Waals surface area contributed by atoms with Crippen LogP contribution < -0.4 is 5.32 Å². The van der Waals surface area contributed by atoms with E-state index in [1.807, 2.05) is 0 Å². The minimum atomic E-state index is -1.03. The number of carboxylic acids is 1. The Labute approximate surface area is 133 Å². The lowest BCUT2D eigenvalue weighted by molar-refractivity contribution is -0.133. The zero-order valence-electron chi connectivity index (χ0n) is 13.5. The number of nitrogens with zero attached hydrogens (tertiary/aromatic N) is 2. The van der Waals surface area contributed by atoms with E-state index in [0.29, 0.717) is 17.1 Å². The molecule has 0 saturated heterocycles. The summed E-state index contributed by atoms with van der Waals surface area (Å²) in [5.74, 6) is -1.30. The van der Waals surface area contributed by atoms with Crippen LogP contribution in [0.5, 0.6) is 0 Å². The lowest BCUT2D eigenvalue weighted by atomic mass is 10.1. The van der Waals surface area contributed by atoms with Crippen molar-refractivity contribution in [2.45, 2.75) is 26.4 Å². The van der Waals surface area contributed by atoms with E-state index in [9.17, 15) is 9.59 Å². The largest absolute Gasteiger partial charge is 0.478 e. The Morgan fingerprint density at radius 2 is 2.04 bits per heavy atom. The highest BCUT2D eigenvalue weighted by molar-refractivity contribution is 5.97. The number of anilines is 1. The topological polar surface area (TPSA) is 93.5 Å². The fourth-order valence-electron chi connectivity index (χ4n) is 1.97. The molecule has 2 aromatic rings. The maximum absolute atomic E-state index is 12.1. The molecule has 2 rings (SSSR count). The summed E-state index contributed by atoms with van der Waals surface area (Å²) in [6.07, 6.45) is 1.30. The number of carbonyl (C=O) groups is 2. The molecule has 0 spiro atoms. The quantitative estimate of drug-likeness (QED) is 0.882. The summed E-state index contributed by atoms with van der Waals surface area (Å²) >= 11 is 0. The van der Waals surface area contributed by atoms with Crippen molar-refractivity contribution in [2.24, 2.45) is 0 Å². The molecule has 1 heterocycles. The Hall–Kier alpha value is -2.67. The van der Waals surface area contributed by atoms with Crippen molar-refractivity contribution in [3.8, 4) is 5.69 Å². The molecule has 0 radical (unpaired) electrons. The standard InChI is InChI=1S/C16H19N3O4/c1-10-13(14(20)21)9-17-19(10)12-7-5-6-11(8-12)18-15(22)16(2,3)23-4/h5-9H,1-4H3,(H,18,22)(H,20,21).